The molecule has 0 aromatic rings. The maximum atomic E-state index is 10.7. The van der Waals surface area contributed by atoms with Gasteiger partial charge in [-0.2, -0.15) is 0 Å². The lowest BCUT2D eigenvalue weighted by Gasteiger charge is -2.07. The largest absolute Gasteiger partial charge is 0.480 e. The minimum atomic E-state index is -0.633. The van der Waals surface area contributed by atoms with Gasteiger partial charge >= 0.3 is 5.97 Å². The Kier molecular flexibility index (Phi) is 1.95. The van der Waals surface area contributed by atoms with Crippen LogP contribution in [0.3, 0.4) is 0 Å². The molecule has 1 aliphatic carbocycles. The van der Waals surface area contributed by atoms with Gasteiger partial charge in [-0.05, 0) is 18.1 Å². The van der Waals surface area contributed by atoms with E-state index in [0.717, 1.165) is 12.2 Å². The van der Waals surface area contributed by atoms with E-state index in [1.54, 1.807) is 11.8 Å². The van der Waals surface area contributed by atoms with Crippen molar-refractivity contribution in [2.24, 2.45) is 5.92 Å². The van der Waals surface area contributed by atoms with Gasteiger partial charge in [0.25, 0.3) is 0 Å². The molecule has 0 aromatic carbocycles. The summed E-state index contributed by atoms with van der Waals surface area (Å²) in [4.78, 5) is 10.7. The minimum Gasteiger partial charge on any atom is -0.480 e. The average Bonchev–Trinajstić information content (AvgIpc) is 2.44. The molecule has 1 rings (SSSR count). The molecular weight excluding hydrogens is 148 g/mol. The Morgan fingerprint density at radius 2 is 2.40 bits per heavy atom. The van der Waals surface area contributed by atoms with Crippen LogP contribution in [0.4, 0.5) is 0 Å². The first-order chi connectivity index (χ1) is 4.63. The second kappa shape index (κ2) is 2.46. The summed E-state index contributed by atoms with van der Waals surface area (Å²) in [5.41, 5.74) is 0. The molecule has 1 saturated carbocycles. The van der Waals surface area contributed by atoms with Gasteiger partial charge in [0.15, 0.2) is 0 Å². The fourth-order valence-electron chi connectivity index (χ4n) is 1.21. The molecule has 0 spiro atoms. The molecule has 0 amide bonds. The van der Waals surface area contributed by atoms with E-state index >= 15 is 0 Å². The quantitative estimate of drug-likeness (QED) is 0.681. The van der Waals surface area contributed by atoms with Gasteiger partial charge in [-0.3, -0.25) is 4.79 Å². The SMILES string of the molecule is CCSC1(C(=O)O)CC1C. The van der Waals surface area contributed by atoms with E-state index in [2.05, 4.69) is 0 Å². The van der Waals surface area contributed by atoms with E-state index in [9.17, 15) is 4.79 Å². The summed E-state index contributed by atoms with van der Waals surface area (Å²) in [7, 11) is 0. The number of carbonyl (C=O) groups is 1. The van der Waals surface area contributed by atoms with Crippen molar-refractivity contribution in [2.45, 2.75) is 25.0 Å². The van der Waals surface area contributed by atoms with Crippen LogP contribution in [0.2, 0.25) is 0 Å². The van der Waals surface area contributed by atoms with Crippen LogP contribution in [-0.2, 0) is 4.79 Å². The standard InChI is InChI=1S/C7H12O2S/c1-3-10-7(6(8)9)4-5(7)2/h5H,3-4H2,1-2H3,(H,8,9). The molecule has 2 nitrogen and oxygen atoms in total. The molecule has 1 aliphatic rings. The van der Waals surface area contributed by atoms with E-state index < -0.39 is 10.7 Å². The lowest BCUT2D eigenvalue weighted by molar-refractivity contribution is -0.137. The highest BCUT2D eigenvalue weighted by atomic mass is 32.2. The Morgan fingerprint density at radius 3 is 2.50 bits per heavy atom. The van der Waals surface area contributed by atoms with Crippen LogP contribution in [-0.4, -0.2) is 21.6 Å². The number of carboxylic acid groups (broad SMARTS) is 1. The molecule has 58 valence electrons. The number of hydrogen-bond acceptors (Lipinski definition) is 2. The van der Waals surface area contributed by atoms with Crippen molar-refractivity contribution in [3.63, 3.8) is 0 Å². The molecule has 2 atom stereocenters. The van der Waals surface area contributed by atoms with Crippen molar-refractivity contribution in [3.05, 3.63) is 0 Å². The molecule has 0 saturated heterocycles. The van der Waals surface area contributed by atoms with Crippen LogP contribution in [0.5, 0.6) is 0 Å². The molecule has 0 heterocycles. The molecule has 0 bridgehead atoms. The molecule has 1 N–H and O–H groups in total. The first-order valence-electron chi connectivity index (χ1n) is 3.51. The van der Waals surface area contributed by atoms with Crippen molar-refractivity contribution >= 4 is 17.7 Å². The minimum absolute atomic E-state index is 0.370. The fourth-order valence-corrected chi connectivity index (χ4v) is 2.51. The molecule has 1 fully saturated rings. The van der Waals surface area contributed by atoms with E-state index in [0.29, 0.717) is 5.92 Å². The zero-order chi connectivity index (χ0) is 7.78. The number of carboxylic acids is 1. The van der Waals surface area contributed by atoms with Crippen LogP contribution >= 0.6 is 11.8 Å². The highest BCUT2D eigenvalue weighted by molar-refractivity contribution is 8.01. The van der Waals surface area contributed by atoms with E-state index in [1.165, 1.54) is 0 Å². The van der Waals surface area contributed by atoms with E-state index in [-0.39, 0.29) is 0 Å². The van der Waals surface area contributed by atoms with E-state index in [4.69, 9.17) is 5.11 Å². The summed E-state index contributed by atoms with van der Waals surface area (Å²) in [5, 5.41) is 8.78. The van der Waals surface area contributed by atoms with Crippen LogP contribution in [0.1, 0.15) is 20.3 Å². The third-order valence-corrected chi connectivity index (χ3v) is 3.56. The Labute approximate surface area is 65.0 Å². The zero-order valence-corrected chi connectivity index (χ0v) is 7.07. The van der Waals surface area contributed by atoms with Crippen LogP contribution in [0, 0.1) is 5.92 Å². The molecule has 0 aromatic heterocycles. The third kappa shape index (κ3) is 1.03. The summed E-state index contributed by atoms with van der Waals surface area (Å²) < 4.78 is -0.408. The second-order valence-corrected chi connectivity index (χ2v) is 4.33. The molecule has 2 unspecified atom stereocenters. The zero-order valence-electron chi connectivity index (χ0n) is 6.26. The summed E-state index contributed by atoms with van der Waals surface area (Å²) in [6.07, 6.45) is 0.848. The van der Waals surface area contributed by atoms with Gasteiger partial charge < -0.3 is 5.11 Å². The predicted molar refractivity (Wildman–Crippen MR) is 42.3 cm³/mol. The summed E-state index contributed by atoms with van der Waals surface area (Å²) >= 11 is 1.56. The molecule has 10 heavy (non-hydrogen) atoms. The van der Waals surface area contributed by atoms with Crippen LogP contribution < -0.4 is 0 Å². The number of thioether (sulfide) groups is 1. The van der Waals surface area contributed by atoms with E-state index in [1.807, 2.05) is 13.8 Å². The molecule has 0 aliphatic heterocycles. The monoisotopic (exact) mass is 160 g/mol. The van der Waals surface area contributed by atoms with Gasteiger partial charge in [0.2, 0.25) is 0 Å². The van der Waals surface area contributed by atoms with Gasteiger partial charge in [0.1, 0.15) is 4.75 Å². The van der Waals surface area contributed by atoms with Crippen molar-refractivity contribution in [3.8, 4) is 0 Å². The van der Waals surface area contributed by atoms with Gasteiger partial charge in [-0.25, -0.2) is 0 Å². The maximum absolute atomic E-state index is 10.7. The van der Waals surface area contributed by atoms with Gasteiger partial charge in [-0.1, -0.05) is 13.8 Å². The Balaban J connectivity index is 2.55. The van der Waals surface area contributed by atoms with Crippen LogP contribution in [0.25, 0.3) is 0 Å². The van der Waals surface area contributed by atoms with Crippen molar-refractivity contribution in [1.29, 1.82) is 0 Å². The smallest absolute Gasteiger partial charge is 0.320 e. The van der Waals surface area contributed by atoms with Gasteiger partial charge in [0.05, 0.1) is 0 Å². The number of hydrogen-bond donors (Lipinski definition) is 1. The topological polar surface area (TPSA) is 37.3 Å². The van der Waals surface area contributed by atoms with Crippen molar-refractivity contribution in [2.75, 3.05) is 5.75 Å². The Hall–Kier alpha value is -0.180. The summed E-state index contributed by atoms with van der Waals surface area (Å²) in [5.74, 6) is 0.637. The second-order valence-electron chi connectivity index (χ2n) is 2.73. The summed E-state index contributed by atoms with van der Waals surface area (Å²) in [6, 6.07) is 0. The first kappa shape index (κ1) is 7.92. The molecule has 0 radical (unpaired) electrons. The average molecular weight is 160 g/mol. The highest BCUT2D eigenvalue weighted by Gasteiger charge is 2.57. The lowest BCUT2D eigenvalue weighted by atomic mass is 10.3. The number of aliphatic carboxylic acids is 1. The maximum Gasteiger partial charge on any atom is 0.320 e. The van der Waals surface area contributed by atoms with Gasteiger partial charge in [-0.15, -0.1) is 11.8 Å². The van der Waals surface area contributed by atoms with Crippen molar-refractivity contribution in [1.82, 2.24) is 0 Å². The van der Waals surface area contributed by atoms with Crippen LogP contribution in [0.15, 0.2) is 0 Å². The first-order valence-corrected chi connectivity index (χ1v) is 4.49. The van der Waals surface area contributed by atoms with Gasteiger partial charge in [0, 0.05) is 0 Å². The molecule has 3 heteroatoms. The van der Waals surface area contributed by atoms with Crippen molar-refractivity contribution < 1.29 is 9.90 Å². The molecular formula is C7H12O2S. The third-order valence-electron chi connectivity index (χ3n) is 2.01. The highest BCUT2D eigenvalue weighted by Crippen LogP contribution is 2.54. The normalized spacial score (nSPS) is 37.6. The number of rotatable bonds is 3. The summed E-state index contributed by atoms with van der Waals surface area (Å²) in [6.45, 7) is 4.00. The Morgan fingerprint density at radius 1 is 1.90 bits per heavy atom. The Bertz CT molecular complexity index is 158. The lowest BCUT2D eigenvalue weighted by Crippen LogP contribution is -2.20. The fraction of sp³-hybridized carbons (Fsp3) is 0.857. The predicted octanol–water partition coefficient (Wildman–Crippen LogP) is 1.60.